The number of hydrogen-bond acceptors (Lipinski definition) is 6. The van der Waals surface area contributed by atoms with Crippen LogP contribution in [0, 0.1) is 0 Å². The van der Waals surface area contributed by atoms with Crippen LogP contribution in [0.2, 0.25) is 0 Å². The Morgan fingerprint density at radius 3 is 1.17 bits per heavy atom. The van der Waals surface area contributed by atoms with Gasteiger partial charge < -0.3 is 28.8 Å². The quantitative estimate of drug-likeness (QED) is 0.0272. The smallest absolute Gasteiger partial charge is 0.268 e. The van der Waals surface area contributed by atoms with Gasteiger partial charge in [0.2, 0.25) is 5.91 Å². The van der Waals surface area contributed by atoms with E-state index in [1.165, 1.54) is 231 Å². The Kier molecular flexibility index (Phi) is 56.9. The van der Waals surface area contributed by atoms with Gasteiger partial charge in [-0.1, -0.05) is 313 Å². The summed E-state index contributed by atoms with van der Waals surface area (Å²) in [7, 11) is 1.32. The standard InChI is InChI=1S/C67H129N2O6P/c1-6-8-10-12-14-16-18-20-22-24-25-26-27-28-29-30-31-32-33-34-35-36-37-38-39-40-41-42-43-45-47-49-51-53-55-57-59-61-67(71)68-65(64-75-76(72,73)74-63-62-69(3,4)5)66(70)60-58-56-54-52-50-48-46-44-23-21-19-17-15-13-11-9-7-2/h8,10,14,16,20,22,25-26,65-66,70H,6-7,9,11-13,15,17-19,21,23-24,27-64H2,1-5H3,(H-,68,71,72,73)/b10-8-,16-14-,22-20-,26-25-. The van der Waals surface area contributed by atoms with E-state index in [2.05, 4.69) is 67.8 Å². The van der Waals surface area contributed by atoms with Crippen molar-refractivity contribution in [3.05, 3.63) is 48.6 Å². The highest BCUT2D eigenvalue weighted by atomic mass is 31.2. The minimum Gasteiger partial charge on any atom is -0.756 e. The number of carbonyl (C=O) groups excluding carboxylic acids is 1. The summed E-state index contributed by atoms with van der Waals surface area (Å²) in [6.45, 7) is 4.65. The number of likely N-dealkylation sites (N-methyl/N-ethyl adjacent to an activating group) is 1. The number of unbranched alkanes of at least 4 members (excludes halogenated alkanes) is 40. The van der Waals surface area contributed by atoms with E-state index in [1.807, 2.05) is 21.1 Å². The van der Waals surface area contributed by atoms with Gasteiger partial charge in [-0.25, -0.2) is 0 Å². The molecule has 0 spiro atoms. The number of carbonyl (C=O) groups is 1. The second-order valence-corrected chi connectivity index (χ2v) is 25.2. The van der Waals surface area contributed by atoms with Crippen LogP contribution in [0.15, 0.2) is 48.6 Å². The van der Waals surface area contributed by atoms with E-state index in [9.17, 15) is 19.4 Å². The fourth-order valence-electron chi connectivity index (χ4n) is 9.98. The van der Waals surface area contributed by atoms with E-state index in [0.717, 1.165) is 64.2 Å². The van der Waals surface area contributed by atoms with E-state index < -0.39 is 20.0 Å². The lowest BCUT2D eigenvalue weighted by molar-refractivity contribution is -0.870. The Balaban J connectivity index is 3.92. The van der Waals surface area contributed by atoms with Crippen molar-refractivity contribution < 1.29 is 32.9 Å². The predicted octanol–water partition coefficient (Wildman–Crippen LogP) is 20.0. The van der Waals surface area contributed by atoms with Gasteiger partial charge in [0.05, 0.1) is 39.9 Å². The summed E-state index contributed by atoms with van der Waals surface area (Å²) in [6.07, 6.45) is 77.5. The Morgan fingerprint density at radius 2 is 0.803 bits per heavy atom. The van der Waals surface area contributed by atoms with Crippen molar-refractivity contribution in [1.29, 1.82) is 0 Å². The minimum atomic E-state index is -4.57. The molecule has 1 amide bonds. The van der Waals surface area contributed by atoms with Gasteiger partial charge >= 0.3 is 0 Å². The first-order chi connectivity index (χ1) is 37.0. The van der Waals surface area contributed by atoms with E-state index >= 15 is 0 Å². The number of nitrogens with one attached hydrogen (secondary N) is 1. The summed E-state index contributed by atoms with van der Waals surface area (Å²) in [5.41, 5.74) is 0. The first-order valence-electron chi connectivity index (χ1n) is 33.0. The zero-order chi connectivity index (χ0) is 55.6. The van der Waals surface area contributed by atoms with Crippen molar-refractivity contribution >= 4 is 13.7 Å². The van der Waals surface area contributed by atoms with Gasteiger partial charge in [0.25, 0.3) is 7.82 Å². The number of phosphoric ester groups is 1. The third-order valence-electron chi connectivity index (χ3n) is 15.1. The molecule has 9 heteroatoms. The molecular formula is C67H129N2O6P. The molecule has 0 fully saturated rings. The number of amides is 1. The summed E-state index contributed by atoms with van der Waals surface area (Å²) >= 11 is 0. The van der Waals surface area contributed by atoms with Crippen LogP contribution in [-0.2, 0) is 18.4 Å². The van der Waals surface area contributed by atoms with Gasteiger partial charge in [0.15, 0.2) is 0 Å². The highest BCUT2D eigenvalue weighted by Crippen LogP contribution is 2.38. The molecule has 0 bridgehead atoms. The van der Waals surface area contributed by atoms with Crippen LogP contribution in [0.4, 0.5) is 0 Å². The Hall–Kier alpha value is -1.54. The topological polar surface area (TPSA) is 108 Å². The van der Waals surface area contributed by atoms with Gasteiger partial charge in [-0.2, -0.15) is 0 Å². The predicted molar refractivity (Wildman–Crippen MR) is 330 cm³/mol. The molecule has 0 radical (unpaired) electrons. The van der Waals surface area contributed by atoms with Crippen molar-refractivity contribution in [1.82, 2.24) is 5.32 Å². The maximum absolute atomic E-state index is 13.0. The third-order valence-corrected chi connectivity index (χ3v) is 16.0. The molecule has 0 heterocycles. The molecule has 0 aromatic heterocycles. The van der Waals surface area contributed by atoms with Gasteiger partial charge in [-0.3, -0.25) is 9.36 Å². The largest absolute Gasteiger partial charge is 0.756 e. The summed E-state index contributed by atoms with van der Waals surface area (Å²) in [5.74, 6) is -0.158. The van der Waals surface area contributed by atoms with Crippen molar-refractivity contribution in [3.63, 3.8) is 0 Å². The van der Waals surface area contributed by atoms with Crippen LogP contribution < -0.4 is 10.2 Å². The number of aliphatic hydroxyl groups excluding tert-OH is 1. The number of aliphatic hydroxyl groups is 1. The minimum absolute atomic E-state index is 0.0142. The second-order valence-electron chi connectivity index (χ2n) is 23.8. The average molecular weight is 1090 g/mol. The summed E-state index contributed by atoms with van der Waals surface area (Å²) in [4.78, 5) is 25.6. The Bertz CT molecular complexity index is 1380. The summed E-state index contributed by atoms with van der Waals surface area (Å²) in [5, 5.41) is 14.1. The molecule has 76 heavy (non-hydrogen) atoms. The van der Waals surface area contributed by atoms with E-state index in [1.54, 1.807) is 0 Å². The second kappa shape index (κ2) is 58.1. The lowest BCUT2D eigenvalue weighted by Gasteiger charge is -2.30. The lowest BCUT2D eigenvalue weighted by atomic mass is 10.0. The number of nitrogens with zero attached hydrogens (tertiary/aromatic N) is 1. The van der Waals surface area contributed by atoms with Crippen LogP contribution in [0.1, 0.15) is 322 Å². The molecule has 0 aromatic rings. The summed E-state index contributed by atoms with van der Waals surface area (Å²) in [6, 6.07) is -0.799. The van der Waals surface area contributed by atoms with E-state index in [4.69, 9.17) is 9.05 Å². The first kappa shape index (κ1) is 74.5. The van der Waals surface area contributed by atoms with Crippen molar-refractivity contribution in [2.24, 2.45) is 0 Å². The van der Waals surface area contributed by atoms with Crippen LogP contribution >= 0.6 is 7.82 Å². The molecule has 3 unspecified atom stereocenters. The Labute approximate surface area is 473 Å². The molecule has 0 saturated carbocycles. The zero-order valence-corrected chi connectivity index (χ0v) is 52.1. The lowest BCUT2D eigenvalue weighted by Crippen LogP contribution is -2.46. The molecule has 2 N–H and O–H groups in total. The molecule has 0 aliphatic rings. The maximum atomic E-state index is 13.0. The number of phosphoric acid groups is 1. The number of allylic oxidation sites excluding steroid dienone is 8. The van der Waals surface area contributed by atoms with Gasteiger partial charge in [0, 0.05) is 6.42 Å². The van der Waals surface area contributed by atoms with Crippen LogP contribution in [0.25, 0.3) is 0 Å². The van der Waals surface area contributed by atoms with E-state index in [-0.39, 0.29) is 19.1 Å². The summed E-state index contributed by atoms with van der Waals surface area (Å²) < 4.78 is 23.5. The molecule has 8 nitrogen and oxygen atoms in total. The maximum Gasteiger partial charge on any atom is 0.268 e. The molecule has 3 atom stereocenters. The average Bonchev–Trinajstić information content (AvgIpc) is 3.38. The molecule has 0 saturated heterocycles. The Morgan fingerprint density at radius 1 is 0.474 bits per heavy atom. The molecule has 0 rings (SSSR count). The number of quaternary nitrogens is 1. The first-order valence-corrected chi connectivity index (χ1v) is 34.4. The highest BCUT2D eigenvalue weighted by Gasteiger charge is 2.24. The fourth-order valence-corrected chi connectivity index (χ4v) is 10.7. The molecule has 448 valence electrons. The third kappa shape index (κ3) is 60.1. The fraction of sp³-hybridized carbons (Fsp3) is 0.866. The van der Waals surface area contributed by atoms with Crippen LogP contribution in [-0.4, -0.2) is 68.5 Å². The number of rotatable bonds is 61. The highest BCUT2D eigenvalue weighted by molar-refractivity contribution is 7.45. The van der Waals surface area contributed by atoms with E-state index in [0.29, 0.717) is 23.9 Å². The molecule has 0 aromatic carbocycles. The molecular weight excluding hydrogens is 960 g/mol. The van der Waals surface area contributed by atoms with Crippen LogP contribution in [0.3, 0.4) is 0 Å². The number of hydrogen-bond donors (Lipinski definition) is 2. The molecule has 0 aliphatic carbocycles. The monoisotopic (exact) mass is 1090 g/mol. The zero-order valence-electron chi connectivity index (χ0n) is 51.2. The molecule has 0 aliphatic heterocycles. The van der Waals surface area contributed by atoms with Crippen molar-refractivity contribution in [2.45, 2.75) is 334 Å². The van der Waals surface area contributed by atoms with Crippen molar-refractivity contribution in [3.8, 4) is 0 Å². The van der Waals surface area contributed by atoms with Crippen LogP contribution in [0.5, 0.6) is 0 Å². The van der Waals surface area contributed by atoms with Gasteiger partial charge in [-0.15, -0.1) is 0 Å². The normalized spacial score (nSPS) is 14.0. The van der Waals surface area contributed by atoms with Gasteiger partial charge in [-0.05, 0) is 51.4 Å². The SMILES string of the molecule is CC/C=C\C/C=C\C/C=C\C/C=C\CCCCCCCCCCCCCCCCCCCCCCCCCCC(=O)NC(COP(=O)([O-])OCC[N+](C)(C)C)C(O)CCCCCCCCCCCCCCCCCCC. The van der Waals surface area contributed by atoms with Gasteiger partial charge in [0.1, 0.15) is 13.2 Å². The van der Waals surface area contributed by atoms with Crippen molar-refractivity contribution in [2.75, 3.05) is 40.9 Å².